The van der Waals surface area contributed by atoms with E-state index in [0.29, 0.717) is 15.6 Å². The highest BCUT2D eigenvalue weighted by molar-refractivity contribution is 7.15. The van der Waals surface area contributed by atoms with Crippen molar-refractivity contribution in [3.8, 4) is 11.3 Å². The minimum atomic E-state index is -1.10. The number of rotatable bonds is 7. The molecule has 0 spiro atoms. The fourth-order valence-electron chi connectivity index (χ4n) is 2.78. The summed E-state index contributed by atoms with van der Waals surface area (Å²) in [6, 6.07) is 9.73. The van der Waals surface area contributed by atoms with Gasteiger partial charge in [-0.25, -0.2) is 0 Å². The summed E-state index contributed by atoms with van der Waals surface area (Å²) < 4.78 is 1.99. The maximum atomic E-state index is 12.9. The predicted octanol–water partition coefficient (Wildman–Crippen LogP) is 2.20. The number of aromatic nitrogens is 2. The molecular formula is C19H17ClN4O3S. The summed E-state index contributed by atoms with van der Waals surface area (Å²) in [5.41, 5.74) is 7.22. The Labute approximate surface area is 170 Å². The summed E-state index contributed by atoms with van der Waals surface area (Å²) in [7, 11) is 1.68. The lowest BCUT2D eigenvalue weighted by Gasteiger charge is -2.16. The number of Topliss-reactive ketones (excluding diaryl/α,β-unsaturated/α-hetero) is 1. The molecule has 0 fully saturated rings. The Hall–Kier alpha value is -2.97. The number of hydrogen-bond acceptors (Lipinski definition) is 5. The van der Waals surface area contributed by atoms with Crippen LogP contribution in [-0.4, -0.2) is 33.4 Å². The zero-order valence-corrected chi connectivity index (χ0v) is 16.5. The molecule has 2 aromatic heterocycles. The molecule has 0 aliphatic rings. The molecule has 1 aromatic carbocycles. The summed E-state index contributed by atoms with van der Waals surface area (Å²) >= 11 is 7.51. The predicted molar refractivity (Wildman–Crippen MR) is 107 cm³/mol. The maximum absolute atomic E-state index is 12.9. The third-order valence-electron chi connectivity index (χ3n) is 4.09. The molecule has 1 atom stereocenters. The SMILES string of the molecule is Cn1cc(C(=O)NC(Cc2ccccc2)C(=O)C(N)=O)c(-c2ccsc2Cl)n1. The van der Waals surface area contributed by atoms with Crippen LogP contribution in [0.4, 0.5) is 0 Å². The molecule has 7 nitrogen and oxygen atoms in total. The van der Waals surface area contributed by atoms with E-state index in [9.17, 15) is 14.4 Å². The summed E-state index contributed by atoms with van der Waals surface area (Å²) in [5.74, 6) is -2.51. The van der Waals surface area contributed by atoms with Gasteiger partial charge in [-0.2, -0.15) is 5.10 Å². The first-order chi connectivity index (χ1) is 13.4. The van der Waals surface area contributed by atoms with Crippen molar-refractivity contribution in [2.24, 2.45) is 12.8 Å². The maximum Gasteiger partial charge on any atom is 0.287 e. The Bertz CT molecular complexity index is 1030. The van der Waals surface area contributed by atoms with Gasteiger partial charge < -0.3 is 11.1 Å². The van der Waals surface area contributed by atoms with Gasteiger partial charge in [0.25, 0.3) is 11.8 Å². The van der Waals surface area contributed by atoms with E-state index in [1.54, 1.807) is 42.8 Å². The van der Waals surface area contributed by atoms with Gasteiger partial charge in [0.1, 0.15) is 16.1 Å². The monoisotopic (exact) mass is 416 g/mol. The lowest BCUT2D eigenvalue weighted by atomic mass is 10.0. The Kier molecular flexibility index (Phi) is 5.91. The number of halogens is 1. The van der Waals surface area contributed by atoms with Gasteiger partial charge in [0, 0.05) is 25.2 Å². The lowest BCUT2D eigenvalue weighted by molar-refractivity contribution is -0.137. The Morgan fingerprint density at radius 2 is 1.96 bits per heavy atom. The largest absolute Gasteiger partial charge is 0.363 e. The van der Waals surface area contributed by atoms with Gasteiger partial charge >= 0.3 is 0 Å². The third-order valence-corrected chi connectivity index (χ3v) is 5.26. The van der Waals surface area contributed by atoms with E-state index < -0.39 is 23.6 Å². The molecule has 1 unspecified atom stereocenters. The molecular weight excluding hydrogens is 400 g/mol. The van der Waals surface area contributed by atoms with Crippen LogP contribution in [0.3, 0.4) is 0 Å². The first-order valence-electron chi connectivity index (χ1n) is 8.32. The Morgan fingerprint density at radius 3 is 2.57 bits per heavy atom. The standard InChI is InChI=1S/C19H17ClN4O3S/c1-24-10-13(15(23-24)12-7-8-28-17(12)20)19(27)22-14(16(25)18(21)26)9-11-5-3-2-4-6-11/h2-8,10,14H,9H2,1H3,(H2,21,26)(H,22,27). The first kappa shape index (κ1) is 19.8. The van der Waals surface area contributed by atoms with E-state index in [1.165, 1.54) is 22.2 Å². The van der Waals surface area contributed by atoms with Crippen LogP contribution in [0.5, 0.6) is 0 Å². The summed E-state index contributed by atoms with van der Waals surface area (Å²) in [6.07, 6.45) is 1.68. The summed E-state index contributed by atoms with van der Waals surface area (Å²) in [5, 5.41) is 8.72. The molecule has 0 radical (unpaired) electrons. The number of ketones is 1. The van der Waals surface area contributed by atoms with Crippen molar-refractivity contribution >= 4 is 40.5 Å². The molecule has 28 heavy (non-hydrogen) atoms. The summed E-state index contributed by atoms with van der Waals surface area (Å²) in [6.45, 7) is 0. The molecule has 2 amide bonds. The molecule has 2 heterocycles. The average Bonchev–Trinajstić information content (AvgIpc) is 3.26. The first-order valence-corrected chi connectivity index (χ1v) is 9.58. The van der Waals surface area contributed by atoms with Crippen molar-refractivity contribution in [1.29, 1.82) is 0 Å². The van der Waals surface area contributed by atoms with Crippen molar-refractivity contribution in [1.82, 2.24) is 15.1 Å². The van der Waals surface area contributed by atoms with E-state index in [-0.39, 0.29) is 12.0 Å². The number of primary amides is 1. The number of benzene rings is 1. The average molecular weight is 417 g/mol. The van der Waals surface area contributed by atoms with E-state index >= 15 is 0 Å². The van der Waals surface area contributed by atoms with Crippen LogP contribution in [-0.2, 0) is 23.1 Å². The smallest absolute Gasteiger partial charge is 0.287 e. The molecule has 3 N–H and O–H groups in total. The van der Waals surface area contributed by atoms with Crippen LogP contribution in [0.1, 0.15) is 15.9 Å². The molecule has 0 bridgehead atoms. The Morgan fingerprint density at radius 1 is 1.25 bits per heavy atom. The van der Waals surface area contributed by atoms with Gasteiger partial charge in [-0.05, 0) is 17.0 Å². The fraction of sp³-hybridized carbons (Fsp3) is 0.158. The molecule has 3 aromatic rings. The topological polar surface area (TPSA) is 107 Å². The van der Waals surface area contributed by atoms with Gasteiger partial charge in [-0.15, -0.1) is 11.3 Å². The van der Waals surface area contributed by atoms with E-state index in [4.69, 9.17) is 17.3 Å². The number of carbonyl (C=O) groups excluding carboxylic acids is 3. The Balaban J connectivity index is 1.89. The zero-order chi connectivity index (χ0) is 20.3. The van der Waals surface area contributed by atoms with Crippen molar-refractivity contribution in [2.45, 2.75) is 12.5 Å². The highest BCUT2D eigenvalue weighted by Crippen LogP contribution is 2.33. The van der Waals surface area contributed by atoms with E-state index in [2.05, 4.69) is 10.4 Å². The van der Waals surface area contributed by atoms with Crippen LogP contribution in [0, 0.1) is 0 Å². The molecule has 0 aliphatic heterocycles. The minimum absolute atomic E-state index is 0.142. The molecule has 0 saturated carbocycles. The fourth-order valence-corrected chi connectivity index (χ4v) is 3.71. The van der Waals surface area contributed by atoms with Gasteiger partial charge in [-0.3, -0.25) is 19.1 Å². The van der Waals surface area contributed by atoms with Crippen LogP contribution < -0.4 is 11.1 Å². The van der Waals surface area contributed by atoms with E-state index in [0.717, 1.165) is 5.56 Å². The lowest BCUT2D eigenvalue weighted by Crippen LogP contribution is -2.47. The quantitative estimate of drug-likeness (QED) is 0.575. The molecule has 9 heteroatoms. The molecule has 0 aliphatic carbocycles. The minimum Gasteiger partial charge on any atom is -0.363 e. The van der Waals surface area contributed by atoms with Crippen LogP contribution in [0.15, 0.2) is 48.0 Å². The number of carbonyl (C=O) groups is 3. The van der Waals surface area contributed by atoms with Gasteiger partial charge in [0.2, 0.25) is 5.78 Å². The molecule has 0 saturated heterocycles. The van der Waals surface area contributed by atoms with Gasteiger partial charge in [-0.1, -0.05) is 41.9 Å². The molecule has 3 rings (SSSR count). The number of aryl methyl sites for hydroxylation is 1. The highest BCUT2D eigenvalue weighted by Gasteiger charge is 2.28. The second-order valence-corrected chi connectivity index (χ2v) is 7.64. The number of amides is 2. The van der Waals surface area contributed by atoms with Crippen LogP contribution in [0.2, 0.25) is 4.34 Å². The number of nitrogens with one attached hydrogen (secondary N) is 1. The van der Waals surface area contributed by atoms with Gasteiger partial charge in [0.15, 0.2) is 0 Å². The molecule has 144 valence electrons. The van der Waals surface area contributed by atoms with Crippen molar-refractivity contribution in [2.75, 3.05) is 0 Å². The number of nitrogens with zero attached hydrogens (tertiary/aromatic N) is 2. The second-order valence-electron chi connectivity index (χ2n) is 6.12. The van der Waals surface area contributed by atoms with Crippen molar-refractivity contribution in [3.63, 3.8) is 0 Å². The van der Waals surface area contributed by atoms with Crippen LogP contribution >= 0.6 is 22.9 Å². The number of thiophene rings is 1. The van der Waals surface area contributed by atoms with Crippen LogP contribution in [0.25, 0.3) is 11.3 Å². The van der Waals surface area contributed by atoms with E-state index in [1.807, 2.05) is 6.07 Å². The van der Waals surface area contributed by atoms with Crippen molar-refractivity contribution < 1.29 is 14.4 Å². The van der Waals surface area contributed by atoms with Crippen molar-refractivity contribution in [3.05, 3.63) is 63.4 Å². The highest BCUT2D eigenvalue weighted by atomic mass is 35.5. The third kappa shape index (κ3) is 4.29. The summed E-state index contributed by atoms with van der Waals surface area (Å²) in [4.78, 5) is 36.6. The number of nitrogens with two attached hydrogens (primary N) is 1. The van der Waals surface area contributed by atoms with Gasteiger partial charge in [0.05, 0.1) is 5.56 Å². The normalized spacial score (nSPS) is 11.8. The number of hydrogen-bond donors (Lipinski definition) is 2. The zero-order valence-electron chi connectivity index (χ0n) is 14.9. The second kappa shape index (κ2) is 8.37.